The van der Waals surface area contributed by atoms with Gasteiger partial charge in [0.15, 0.2) is 0 Å². The molecule has 0 aromatic carbocycles. The van der Waals surface area contributed by atoms with Gasteiger partial charge in [-0.1, -0.05) is 13.8 Å². The highest BCUT2D eigenvalue weighted by Crippen LogP contribution is 2.16. The molecule has 4 N–H and O–H groups in total. The number of carbonyl (C=O) groups excluding carboxylic acids is 2. The highest BCUT2D eigenvalue weighted by Gasteiger charge is 2.31. The fourth-order valence-corrected chi connectivity index (χ4v) is 1.32. The normalized spacial score (nSPS) is 14.5. The molecule has 6 nitrogen and oxygen atoms in total. The predicted molar refractivity (Wildman–Crippen MR) is 52.9 cm³/mol. The summed E-state index contributed by atoms with van der Waals surface area (Å²) in [7, 11) is 1.43. The van der Waals surface area contributed by atoms with Crippen molar-refractivity contribution in [1.29, 1.82) is 0 Å². The molecule has 0 aromatic rings. The lowest BCUT2D eigenvalue weighted by molar-refractivity contribution is -0.146. The first-order valence-electron chi connectivity index (χ1n) is 4.77. The van der Waals surface area contributed by atoms with E-state index in [-0.39, 0.29) is 5.92 Å². The lowest BCUT2D eigenvalue weighted by Crippen LogP contribution is -2.44. The van der Waals surface area contributed by atoms with E-state index in [0.29, 0.717) is 6.42 Å². The second-order valence-corrected chi connectivity index (χ2v) is 3.77. The molecule has 0 saturated heterocycles. The fraction of sp³-hybridized carbons (Fsp3) is 0.778. The third-order valence-electron chi connectivity index (χ3n) is 2.07. The first kappa shape index (κ1) is 13.9. The van der Waals surface area contributed by atoms with Gasteiger partial charge in [-0.15, -0.1) is 0 Å². The standard InChI is InChI=1S/C9H18N2O4/c1-5(2)4-6(8(13)10-3)7(12)9(14)11-15/h5-7,12,15H,4H2,1-3H3,(H,10,13)(H,11,14)/t6-,7+/m1/s1. The van der Waals surface area contributed by atoms with Crippen LogP contribution in [0.25, 0.3) is 0 Å². The van der Waals surface area contributed by atoms with Gasteiger partial charge in [-0.25, -0.2) is 5.48 Å². The van der Waals surface area contributed by atoms with Crippen LogP contribution in [0.15, 0.2) is 0 Å². The molecule has 0 aliphatic carbocycles. The van der Waals surface area contributed by atoms with Crippen LogP contribution < -0.4 is 10.8 Å². The summed E-state index contributed by atoms with van der Waals surface area (Å²) in [5.74, 6) is -2.07. The molecular weight excluding hydrogens is 200 g/mol. The van der Waals surface area contributed by atoms with Gasteiger partial charge in [0, 0.05) is 7.05 Å². The van der Waals surface area contributed by atoms with Gasteiger partial charge in [-0.2, -0.15) is 0 Å². The Hall–Kier alpha value is -1.14. The van der Waals surface area contributed by atoms with E-state index < -0.39 is 23.8 Å². The van der Waals surface area contributed by atoms with Gasteiger partial charge < -0.3 is 10.4 Å². The van der Waals surface area contributed by atoms with Crippen LogP contribution in [0.5, 0.6) is 0 Å². The van der Waals surface area contributed by atoms with E-state index in [9.17, 15) is 14.7 Å². The molecular formula is C9H18N2O4. The van der Waals surface area contributed by atoms with Gasteiger partial charge in [-0.05, 0) is 12.3 Å². The molecule has 0 bridgehead atoms. The van der Waals surface area contributed by atoms with Crippen LogP contribution >= 0.6 is 0 Å². The van der Waals surface area contributed by atoms with Crippen molar-refractivity contribution < 1.29 is 19.9 Å². The predicted octanol–water partition coefficient (Wildman–Crippen LogP) is -0.739. The molecule has 0 rings (SSSR count). The zero-order valence-electron chi connectivity index (χ0n) is 9.15. The Morgan fingerprint density at radius 2 is 1.80 bits per heavy atom. The number of nitrogens with one attached hydrogen (secondary N) is 2. The number of aliphatic hydroxyl groups excluding tert-OH is 1. The lowest BCUT2D eigenvalue weighted by Gasteiger charge is -2.21. The number of aliphatic hydroxyl groups is 1. The van der Waals surface area contributed by atoms with Crippen molar-refractivity contribution in [3.63, 3.8) is 0 Å². The van der Waals surface area contributed by atoms with Gasteiger partial charge >= 0.3 is 0 Å². The van der Waals surface area contributed by atoms with E-state index in [1.54, 1.807) is 0 Å². The van der Waals surface area contributed by atoms with Crippen LogP contribution in [-0.4, -0.2) is 35.3 Å². The summed E-state index contributed by atoms with van der Waals surface area (Å²) in [4.78, 5) is 22.3. The zero-order chi connectivity index (χ0) is 12.0. The fourth-order valence-electron chi connectivity index (χ4n) is 1.32. The van der Waals surface area contributed by atoms with Crippen LogP contribution in [0.1, 0.15) is 20.3 Å². The summed E-state index contributed by atoms with van der Waals surface area (Å²) in [6, 6.07) is 0. The first-order chi connectivity index (χ1) is 6.93. The number of hydrogen-bond donors (Lipinski definition) is 4. The maximum atomic E-state index is 11.4. The average molecular weight is 218 g/mol. The highest BCUT2D eigenvalue weighted by atomic mass is 16.5. The Morgan fingerprint density at radius 3 is 2.13 bits per heavy atom. The lowest BCUT2D eigenvalue weighted by atomic mass is 9.91. The number of carbonyl (C=O) groups is 2. The van der Waals surface area contributed by atoms with Crippen LogP contribution in [-0.2, 0) is 9.59 Å². The second-order valence-electron chi connectivity index (χ2n) is 3.77. The van der Waals surface area contributed by atoms with E-state index in [2.05, 4.69) is 5.32 Å². The summed E-state index contributed by atoms with van der Waals surface area (Å²) in [5, 5.41) is 20.2. The minimum Gasteiger partial charge on any atom is -0.382 e. The summed E-state index contributed by atoms with van der Waals surface area (Å²) >= 11 is 0. The molecule has 6 heteroatoms. The third-order valence-corrected chi connectivity index (χ3v) is 2.07. The van der Waals surface area contributed by atoms with Crippen LogP contribution in [0.2, 0.25) is 0 Å². The van der Waals surface area contributed by atoms with E-state index in [0.717, 1.165) is 0 Å². The van der Waals surface area contributed by atoms with Crippen molar-refractivity contribution in [1.82, 2.24) is 10.8 Å². The highest BCUT2D eigenvalue weighted by molar-refractivity contribution is 5.88. The molecule has 0 aliphatic rings. The van der Waals surface area contributed by atoms with Gasteiger partial charge in [0.05, 0.1) is 5.92 Å². The van der Waals surface area contributed by atoms with Crippen LogP contribution in [0.3, 0.4) is 0 Å². The van der Waals surface area contributed by atoms with Crippen molar-refractivity contribution >= 4 is 11.8 Å². The maximum Gasteiger partial charge on any atom is 0.272 e. The van der Waals surface area contributed by atoms with E-state index in [1.165, 1.54) is 12.5 Å². The Balaban J connectivity index is 4.61. The van der Waals surface area contributed by atoms with Crippen molar-refractivity contribution in [3.8, 4) is 0 Å². The Kier molecular flexibility index (Phi) is 5.88. The molecule has 0 radical (unpaired) electrons. The minimum atomic E-state index is -1.53. The van der Waals surface area contributed by atoms with Crippen molar-refractivity contribution in [2.24, 2.45) is 11.8 Å². The van der Waals surface area contributed by atoms with Crippen LogP contribution in [0, 0.1) is 11.8 Å². The first-order valence-corrected chi connectivity index (χ1v) is 4.77. The maximum absolute atomic E-state index is 11.4. The minimum absolute atomic E-state index is 0.161. The molecule has 2 atom stereocenters. The van der Waals surface area contributed by atoms with Crippen molar-refractivity contribution in [2.75, 3.05) is 7.05 Å². The summed E-state index contributed by atoms with van der Waals surface area (Å²) in [6.45, 7) is 3.75. The van der Waals surface area contributed by atoms with Gasteiger partial charge in [0.2, 0.25) is 5.91 Å². The molecule has 2 amide bonds. The van der Waals surface area contributed by atoms with E-state index in [1.807, 2.05) is 13.8 Å². The van der Waals surface area contributed by atoms with E-state index in [4.69, 9.17) is 5.21 Å². The zero-order valence-corrected chi connectivity index (χ0v) is 9.15. The summed E-state index contributed by atoms with van der Waals surface area (Å²) in [5.41, 5.74) is 1.33. The van der Waals surface area contributed by atoms with Gasteiger partial charge in [-0.3, -0.25) is 14.8 Å². The quantitative estimate of drug-likeness (QED) is 0.361. The molecule has 0 saturated carbocycles. The van der Waals surface area contributed by atoms with Crippen molar-refractivity contribution in [2.45, 2.75) is 26.4 Å². The molecule has 0 unspecified atom stereocenters. The average Bonchev–Trinajstić information content (AvgIpc) is 2.22. The molecule has 0 aliphatic heterocycles. The molecule has 0 heterocycles. The molecule has 0 fully saturated rings. The SMILES string of the molecule is CNC(=O)[C@H](CC(C)C)[C@H](O)C(=O)NO. The van der Waals surface area contributed by atoms with Crippen LogP contribution in [0.4, 0.5) is 0 Å². The monoisotopic (exact) mass is 218 g/mol. The number of hydrogen-bond acceptors (Lipinski definition) is 4. The largest absolute Gasteiger partial charge is 0.382 e. The summed E-state index contributed by atoms with van der Waals surface area (Å²) in [6.07, 6.45) is -1.16. The van der Waals surface area contributed by atoms with Gasteiger partial charge in [0.25, 0.3) is 5.91 Å². The second kappa shape index (κ2) is 6.36. The third kappa shape index (κ3) is 4.26. The number of rotatable bonds is 5. The Bertz CT molecular complexity index is 230. The number of amides is 2. The van der Waals surface area contributed by atoms with Gasteiger partial charge in [0.1, 0.15) is 6.10 Å². The van der Waals surface area contributed by atoms with Crippen molar-refractivity contribution in [3.05, 3.63) is 0 Å². The Labute approximate surface area is 88.6 Å². The molecule has 15 heavy (non-hydrogen) atoms. The topological polar surface area (TPSA) is 98.7 Å². The molecule has 88 valence electrons. The smallest absolute Gasteiger partial charge is 0.272 e. The molecule has 0 spiro atoms. The summed E-state index contributed by atoms with van der Waals surface area (Å²) < 4.78 is 0. The number of hydroxylamine groups is 1. The molecule has 0 aromatic heterocycles. The Morgan fingerprint density at radius 1 is 1.27 bits per heavy atom. The van der Waals surface area contributed by atoms with E-state index >= 15 is 0 Å².